The van der Waals surface area contributed by atoms with Crippen molar-refractivity contribution in [1.29, 1.82) is 0 Å². The Hall–Kier alpha value is -2.12. The van der Waals surface area contributed by atoms with Gasteiger partial charge in [-0.05, 0) is 36.9 Å². The highest BCUT2D eigenvalue weighted by atomic mass is 32.2. The summed E-state index contributed by atoms with van der Waals surface area (Å²) in [6, 6.07) is 8.26. The van der Waals surface area contributed by atoms with Gasteiger partial charge in [0.1, 0.15) is 5.65 Å². The van der Waals surface area contributed by atoms with Gasteiger partial charge >= 0.3 is 0 Å². The highest BCUT2D eigenvalue weighted by Crippen LogP contribution is 2.28. The van der Waals surface area contributed by atoms with Gasteiger partial charge in [0.05, 0.1) is 10.6 Å². The molecule has 0 unspecified atom stereocenters. The van der Waals surface area contributed by atoms with E-state index in [0.717, 1.165) is 39.5 Å². The second-order valence-corrected chi connectivity index (χ2v) is 7.41. The third-order valence-electron chi connectivity index (χ3n) is 3.77. The number of thioether (sulfide) groups is 1. The number of aromatic nitrogens is 5. The van der Waals surface area contributed by atoms with Gasteiger partial charge < -0.3 is 8.97 Å². The number of imidazole rings is 1. The molecule has 0 saturated carbocycles. The summed E-state index contributed by atoms with van der Waals surface area (Å²) in [6.45, 7) is 5.06. The van der Waals surface area contributed by atoms with Crippen molar-refractivity contribution >= 4 is 28.7 Å². The van der Waals surface area contributed by atoms with E-state index >= 15 is 0 Å². The Balaban J connectivity index is 1.57. The van der Waals surface area contributed by atoms with Crippen LogP contribution in [0, 0.1) is 6.92 Å². The van der Waals surface area contributed by atoms with Gasteiger partial charge in [0.25, 0.3) is 0 Å². The van der Waals surface area contributed by atoms with Gasteiger partial charge in [0.2, 0.25) is 0 Å². The van der Waals surface area contributed by atoms with E-state index in [9.17, 15) is 0 Å². The SMILES string of the molecule is CCn1c(SCc2cn3cc(C)ccc3n2)nnc1-c1cccs1. The van der Waals surface area contributed by atoms with Gasteiger partial charge in [0.15, 0.2) is 11.0 Å². The molecule has 0 N–H and O–H groups in total. The van der Waals surface area contributed by atoms with Crippen molar-refractivity contribution in [3.05, 3.63) is 53.3 Å². The molecule has 0 aliphatic rings. The molecule has 122 valence electrons. The number of hydrogen-bond acceptors (Lipinski definition) is 5. The molecule has 0 fully saturated rings. The van der Waals surface area contributed by atoms with Crippen LogP contribution in [0.5, 0.6) is 0 Å². The number of hydrogen-bond donors (Lipinski definition) is 0. The molecule has 0 saturated heterocycles. The molecule has 4 aromatic heterocycles. The Morgan fingerprint density at radius 3 is 2.88 bits per heavy atom. The molecule has 0 amide bonds. The van der Waals surface area contributed by atoms with Crippen molar-refractivity contribution in [3.8, 4) is 10.7 Å². The summed E-state index contributed by atoms with van der Waals surface area (Å²) in [4.78, 5) is 5.82. The number of aryl methyl sites for hydroxylation is 1. The van der Waals surface area contributed by atoms with E-state index < -0.39 is 0 Å². The third kappa shape index (κ3) is 2.85. The monoisotopic (exact) mass is 355 g/mol. The van der Waals surface area contributed by atoms with Gasteiger partial charge in [-0.25, -0.2) is 4.98 Å². The van der Waals surface area contributed by atoms with E-state index in [1.807, 2.05) is 12.1 Å². The van der Waals surface area contributed by atoms with Crippen LogP contribution in [0.2, 0.25) is 0 Å². The fraction of sp³-hybridized carbons (Fsp3) is 0.235. The standard InChI is InChI=1S/C17H17N5S2/c1-3-22-16(14-5-4-8-23-14)19-20-17(22)24-11-13-10-21-9-12(2)6-7-15(21)18-13/h4-10H,3,11H2,1-2H3. The first-order valence-corrected chi connectivity index (χ1v) is 9.65. The minimum Gasteiger partial charge on any atom is -0.307 e. The molecule has 7 heteroatoms. The largest absolute Gasteiger partial charge is 0.307 e. The summed E-state index contributed by atoms with van der Waals surface area (Å²) in [5.74, 6) is 1.73. The molecule has 0 bridgehead atoms. The molecule has 4 rings (SSSR count). The average molecular weight is 355 g/mol. The van der Waals surface area contributed by atoms with E-state index in [0.29, 0.717) is 0 Å². The lowest BCUT2D eigenvalue weighted by Crippen LogP contribution is -1.99. The van der Waals surface area contributed by atoms with Crippen LogP contribution in [0.25, 0.3) is 16.3 Å². The zero-order valence-electron chi connectivity index (χ0n) is 13.5. The van der Waals surface area contributed by atoms with Crippen LogP contribution in [0.3, 0.4) is 0 Å². The number of rotatable bonds is 5. The minimum absolute atomic E-state index is 0.781. The molecular formula is C17H17N5S2. The zero-order valence-corrected chi connectivity index (χ0v) is 15.1. The lowest BCUT2D eigenvalue weighted by molar-refractivity contribution is 0.688. The Morgan fingerprint density at radius 2 is 2.08 bits per heavy atom. The predicted molar refractivity (Wildman–Crippen MR) is 98.5 cm³/mol. The van der Waals surface area contributed by atoms with Crippen LogP contribution in [-0.2, 0) is 12.3 Å². The summed E-state index contributed by atoms with van der Waals surface area (Å²) >= 11 is 3.37. The maximum atomic E-state index is 4.67. The fourth-order valence-corrected chi connectivity index (χ4v) is 4.24. The smallest absolute Gasteiger partial charge is 0.191 e. The Labute approximate surface area is 148 Å². The van der Waals surface area contributed by atoms with Crippen LogP contribution >= 0.6 is 23.1 Å². The molecule has 4 aromatic rings. The normalized spacial score (nSPS) is 11.4. The van der Waals surface area contributed by atoms with Crippen molar-refractivity contribution in [2.45, 2.75) is 31.3 Å². The Bertz CT molecular complexity index is 968. The highest BCUT2D eigenvalue weighted by molar-refractivity contribution is 7.98. The minimum atomic E-state index is 0.781. The van der Waals surface area contributed by atoms with Gasteiger partial charge in [-0.2, -0.15) is 0 Å². The number of nitrogens with zero attached hydrogens (tertiary/aromatic N) is 5. The van der Waals surface area contributed by atoms with Crippen molar-refractivity contribution in [2.75, 3.05) is 0 Å². The van der Waals surface area contributed by atoms with Crippen LogP contribution in [0.1, 0.15) is 18.2 Å². The molecule has 0 aromatic carbocycles. The first kappa shape index (κ1) is 15.4. The lowest BCUT2D eigenvalue weighted by Gasteiger charge is -2.05. The summed E-state index contributed by atoms with van der Waals surface area (Å²) in [7, 11) is 0. The summed E-state index contributed by atoms with van der Waals surface area (Å²) in [6.07, 6.45) is 4.18. The quantitative estimate of drug-likeness (QED) is 0.502. The second-order valence-electron chi connectivity index (χ2n) is 5.52. The second kappa shape index (κ2) is 6.41. The molecule has 5 nitrogen and oxygen atoms in total. The molecule has 4 heterocycles. The third-order valence-corrected chi connectivity index (χ3v) is 5.64. The van der Waals surface area contributed by atoms with E-state index in [2.05, 4.69) is 67.9 Å². The summed E-state index contributed by atoms with van der Waals surface area (Å²) in [5.41, 5.74) is 3.26. The Kier molecular flexibility index (Phi) is 4.12. The van der Waals surface area contributed by atoms with E-state index in [4.69, 9.17) is 0 Å². The predicted octanol–water partition coefficient (Wildman–Crippen LogP) is 4.27. The summed E-state index contributed by atoms with van der Waals surface area (Å²) < 4.78 is 4.24. The van der Waals surface area contributed by atoms with Crippen molar-refractivity contribution in [2.24, 2.45) is 0 Å². The van der Waals surface area contributed by atoms with Gasteiger partial charge in [-0.15, -0.1) is 21.5 Å². The van der Waals surface area contributed by atoms with Crippen molar-refractivity contribution in [1.82, 2.24) is 24.1 Å². The highest BCUT2D eigenvalue weighted by Gasteiger charge is 2.14. The van der Waals surface area contributed by atoms with Crippen LogP contribution in [0.4, 0.5) is 0 Å². The molecule has 0 aliphatic carbocycles. The zero-order chi connectivity index (χ0) is 16.5. The molecule has 0 atom stereocenters. The van der Waals surface area contributed by atoms with Crippen molar-refractivity contribution in [3.63, 3.8) is 0 Å². The van der Waals surface area contributed by atoms with E-state index in [-0.39, 0.29) is 0 Å². The van der Waals surface area contributed by atoms with Gasteiger partial charge in [-0.1, -0.05) is 23.9 Å². The van der Waals surface area contributed by atoms with Gasteiger partial charge in [0, 0.05) is 24.7 Å². The maximum absolute atomic E-state index is 4.67. The van der Waals surface area contributed by atoms with Crippen LogP contribution in [-0.4, -0.2) is 24.1 Å². The molecule has 0 spiro atoms. The van der Waals surface area contributed by atoms with Crippen LogP contribution in [0.15, 0.2) is 47.2 Å². The first-order valence-electron chi connectivity index (χ1n) is 7.78. The average Bonchev–Trinajstić information content (AvgIpc) is 3.30. The molecule has 24 heavy (non-hydrogen) atoms. The molecule has 0 aliphatic heterocycles. The molecular weight excluding hydrogens is 338 g/mol. The van der Waals surface area contributed by atoms with E-state index in [1.54, 1.807) is 23.1 Å². The molecule has 0 radical (unpaired) electrons. The van der Waals surface area contributed by atoms with Crippen LogP contribution < -0.4 is 0 Å². The lowest BCUT2D eigenvalue weighted by atomic mass is 10.3. The topological polar surface area (TPSA) is 48.0 Å². The maximum Gasteiger partial charge on any atom is 0.191 e. The number of pyridine rings is 1. The van der Waals surface area contributed by atoms with Crippen molar-refractivity contribution < 1.29 is 0 Å². The van der Waals surface area contributed by atoms with E-state index in [1.165, 1.54) is 5.56 Å². The Morgan fingerprint density at radius 1 is 1.17 bits per heavy atom. The number of thiophene rings is 1. The first-order chi connectivity index (χ1) is 11.7. The summed E-state index contributed by atoms with van der Waals surface area (Å²) in [5, 5.41) is 11.8. The number of fused-ring (bicyclic) bond motifs is 1. The van der Waals surface area contributed by atoms with Gasteiger partial charge in [-0.3, -0.25) is 0 Å². The fourth-order valence-electron chi connectivity index (χ4n) is 2.63.